The molecule has 0 fully saturated rings. The van der Waals surface area contributed by atoms with Crippen LogP contribution in [0.2, 0.25) is 0 Å². The molecule has 0 radical (unpaired) electrons. The maximum atomic E-state index is 11.8. The van der Waals surface area contributed by atoms with Crippen molar-refractivity contribution in [3.05, 3.63) is 29.8 Å². The van der Waals surface area contributed by atoms with Crippen LogP contribution in [0.5, 0.6) is 0 Å². The molecule has 5 nitrogen and oxygen atoms in total. The number of unbranched alkanes of at least 4 members (excludes halogenated alkanes) is 13. The van der Waals surface area contributed by atoms with Crippen LogP contribution >= 0.6 is 0 Å². The first kappa shape index (κ1) is 26.2. The molecule has 0 spiro atoms. The number of anilines is 1. The highest BCUT2D eigenvalue weighted by Crippen LogP contribution is 2.14. The minimum Gasteiger partial charge on any atom is -0.385 e. The molecule has 0 saturated heterocycles. The number of carbonyl (C=O) groups excluding carboxylic acids is 2. The van der Waals surface area contributed by atoms with Crippen molar-refractivity contribution in [1.29, 1.82) is 0 Å². The molecular weight excluding hydrogens is 374 g/mol. The van der Waals surface area contributed by atoms with Gasteiger partial charge in [0, 0.05) is 17.8 Å². The van der Waals surface area contributed by atoms with Crippen molar-refractivity contribution in [1.82, 2.24) is 5.32 Å². The van der Waals surface area contributed by atoms with Gasteiger partial charge >= 0.3 is 0 Å². The van der Waals surface area contributed by atoms with Gasteiger partial charge < -0.3 is 11.1 Å². The van der Waals surface area contributed by atoms with E-state index < -0.39 is 11.8 Å². The molecule has 0 heterocycles. The summed E-state index contributed by atoms with van der Waals surface area (Å²) in [6.45, 7) is 3.02. The van der Waals surface area contributed by atoms with Crippen molar-refractivity contribution in [3.8, 4) is 0 Å². The van der Waals surface area contributed by atoms with Gasteiger partial charge in [-0.25, -0.2) is 0 Å². The molecule has 0 atom stereocenters. The first-order valence-electron chi connectivity index (χ1n) is 12.1. The number of hydrogen-bond donors (Lipinski definition) is 3. The number of rotatable bonds is 18. The third-order valence-corrected chi connectivity index (χ3v) is 5.44. The summed E-state index contributed by atoms with van der Waals surface area (Å²) in [4.78, 5) is 23.0. The predicted octanol–water partition coefficient (Wildman–Crippen LogP) is 5.79. The Labute approximate surface area is 183 Å². The number of benzene rings is 1. The van der Waals surface area contributed by atoms with E-state index in [0.29, 0.717) is 5.56 Å². The molecule has 30 heavy (non-hydrogen) atoms. The van der Waals surface area contributed by atoms with Crippen LogP contribution < -0.4 is 16.4 Å². The van der Waals surface area contributed by atoms with Gasteiger partial charge in [-0.05, 0) is 30.7 Å². The first-order chi connectivity index (χ1) is 14.7. The lowest BCUT2D eigenvalue weighted by Gasteiger charge is -2.08. The minimum atomic E-state index is -0.472. The van der Waals surface area contributed by atoms with E-state index in [9.17, 15) is 9.59 Å². The summed E-state index contributed by atoms with van der Waals surface area (Å²) in [6, 6.07) is 7.16. The van der Waals surface area contributed by atoms with Crippen molar-refractivity contribution >= 4 is 17.5 Å². The van der Waals surface area contributed by atoms with Crippen LogP contribution in [0.1, 0.15) is 107 Å². The average molecular weight is 418 g/mol. The van der Waals surface area contributed by atoms with E-state index in [1.165, 1.54) is 83.5 Å². The van der Waals surface area contributed by atoms with E-state index in [1.54, 1.807) is 12.1 Å². The molecule has 0 aliphatic rings. The Balaban J connectivity index is 1.94. The molecule has 0 bridgehead atoms. The summed E-state index contributed by atoms with van der Waals surface area (Å²) in [7, 11) is 0. The van der Waals surface area contributed by atoms with Gasteiger partial charge in [0.2, 0.25) is 5.91 Å². The smallest absolute Gasteiger partial charge is 0.257 e. The van der Waals surface area contributed by atoms with Crippen LogP contribution in [0, 0.1) is 0 Å². The SMILES string of the molecule is CCCCCCCCCCCCCCCCNc1ccc(C(=O)NC(=O)CN)cc1. The molecule has 5 heteroatoms. The monoisotopic (exact) mass is 417 g/mol. The minimum absolute atomic E-state index is 0.190. The van der Waals surface area contributed by atoms with Crippen LogP contribution in [0.3, 0.4) is 0 Å². The number of imide groups is 1. The second-order valence-corrected chi connectivity index (χ2v) is 8.18. The van der Waals surface area contributed by atoms with E-state index in [2.05, 4.69) is 17.6 Å². The Morgan fingerprint density at radius 2 is 1.20 bits per heavy atom. The zero-order chi connectivity index (χ0) is 21.9. The normalized spacial score (nSPS) is 10.7. The Hall–Kier alpha value is -1.88. The van der Waals surface area contributed by atoms with Crippen molar-refractivity contribution in [3.63, 3.8) is 0 Å². The Morgan fingerprint density at radius 1 is 0.733 bits per heavy atom. The number of carbonyl (C=O) groups is 2. The number of hydrogen-bond acceptors (Lipinski definition) is 4. The van der Waals surface area contributed by atoms with E-state index in [1.807, 2.05) is 12.1 Å². The fraction of sp³-hybridized carbons (Fsp3) is 0.680. The highest BCUT2D eigenvalue weighted by molar-refractivity contribution is 6.05. The second kappa shape index (κ2) is 17.9. The second-order valence-electron chi connectivity index (χ2n) is 8.18. The van der Waals surface area contributed by atoms with Gasteiger partial charge in [0.1, 0.15) is 0 Å². The molecule has 170 valence electrons. The summed E-state index contributed by atoms with van der Waals surface area (Å²) in [6.07, 6.45) is 19.1. The molecule has 0 aliphatic carbocycles. The van der Waals surface area contributed by atoms with E-state index in [-0.39, 0.29) is 6.54 Å². The summed E-state index contributed by atoms with van der Waals surface area (Å²) in [5.74, 6) is -0.885. The molecule has 1 aromatic rings. The molecule has 4 N–H and O–H groups in total. The molecule has 0 unspecified atom stereocenters. The van der Waals surface area contributed by atoms with Crippen LogP contribution in [0.15, 0.2) is 24.3 Å². The largest absolute Gasteiger partial charge is 0.385 e. The van der Waals surface area contributed by atoms with Gasteiger partial charge in [0.05, 0.1) is 6.54 Å². The number of nitrogens with two attached hydrogens (primary N) is 1. The van der Waals surface area contributed by atoms with Gasteiger partial charge in [-0.1, -0.05) is 90.4 Å². The van der Waals surface area contributed by atoms with Crippen molar-refractivity contribution in [2.75, 3.05) is 18.4 Å². The molecule has 1 aromatic carbocycles. The summed E-state index contributed by atoms with van der Waals surface area (Å²) in [5, 5.41) is 5.63. The Morgan fingerprint density at radius 3 is 1.67 bits per heavy atom. The lowest BCUT2D eigenvalue weighted by atomic mass is 10.0. The zero-order valence-corrected chi connectivity index (χ0v) is 19.0. The Bertz CT molecular complexity index is 572. The fourth-order valence-corrected chi connectivity index (χ4v) is 3.54. The van der Waals surface area contributed by atoms with E-state index in [0.717, 1.165) is 18.7 Å². The molecular formula is C25H43N3O2. The van der Waals surface area contributed by atoms with Gasteiger partial charge in [-0.3, -0.25) is 14.9 Å². The molecule has 2 amide bonds. The predicted molar refractivity (Wildman–Crippen MR) is 127 cm³/mol. The maximum absolute atomic E-state index is 11.8. The summed E-state index contributed by atoms with van der Waals surface area (Å²) >= 11 is 0. The molecule has 0 saturated carbocycles. The maximum Gasteiger partial charge on any atom is 0.257 e. The Kier molecular flexibility index (Phi) is 15.6. The van der Waals surface area contributed by atoms with E-state index in [4.69, 9.17) is 5.73 Å². The highest BCUT2D eigenvalue weighted by atomic mass is 16.2. The van der Waals surface area contributed by atoms with Crippen LogP contribution in [-0.2, 0) is 4.79 Å². The fourth-order valence-electron chi connectivity index (χ4n) is 3.54. The van der Waals surface area contributed by atoms with Gasteiger partial charge in [0.15, 0.2) is 0 Å². The van der Waals surface area contributed by atoms with Gasteiger partial charge in [-0.2, -0.15) is 0 Å². The molecule has 0 aliphatic heterocycles. The van der Waals surface area contributed by atoms with Crippen molar-refractivity contribution in [2.45, 2.75) is 96.8 Å². The third-order valence-electron chi connectivity index (χ3n) is 5.44. The topological polar surface area (TPSA) is 84.2 Å². The third kappa shape index (κ3) is 13.4. The van der Waals surface area contributed by atoms with Crippen molar-refractivity contribution in [2.24, 2.45) is 5.73 Å². The summed E-state index contributed by atoms with van der Waals surface area (Å²) in [5.41, 5.74) is 6.65. The summed E-state index contributed by atoms with van der Waals surface area (Å²) < 4.78 is 0. The molecule has 0 aromatic heterocycles. The standard InChI is InChI=1S/C25H43N3O2/c1-2-3-4-5-6-7-8-9-10-11-12-13-14-15-20-27-23-18-16-22(17-19-23)25(30)28-24(29)21-26/h16-19,27H,2-15,20-21,26H2,1H3,(H,28,29,30). The van der Waals surface area contributed by atoms with Crippen molar-refractivity contribution < 1.29 is 9.59 Å². The highest BCUT2D eigenvalue weighted by Gasteiger charge is 2.08. The first-order valence-corrected chi connectivity index (χ1v) is 12.1. The van der Waals surface area contributed by atoms with Gasteiger partial charge in [-0.15, -0.1) is 0 Å². The lowest BCUT2D eigenvalue weighted by molar-refractivity contribution is -0.118. The van der Waals surface area contributed by atoms with Crippen LogP contribution in [-0.4, -0.2) is 24.9 Å². The van der Waals surface area contributed by atoms with Crippen LogP contribution in [0.25, 0.3) is 0 Å². The number of amides is 2. The number of nitrogens with one attached hydrogen (secondary N) is 2. The lowest BCUT2D eigenvalue weighted by Crippen LogP contribution is -2.35. The van der Waals surface area contributed by atoms with Crippen LogP contribution in [0.4, 0.5) is 5.69 Å². The quantitative estimate of drug-likeness (QED) is 0.264. The van der Waals surface area contributed by atoms with Gasteiger partial charge in [0.25, 0.3) is 5.91 Å². The zero-order valence-electron chi connectivity index (χ0n) is 19.0. The molecule has 1 rings (SSSR count). The van der Waals surface area contributed by atoms with E-state index >= 15 is 0 Å². The average Bonchev–Trinajstić information content (AvgIpc) is 2.76.